The third kappa shape index (κ3) is 3.50. The first kappa shape index (κ1) is 16.3. The minimum atomic E-state index is -1.13. The second-order valence-corrected chi connectivity index (χ2v) is 5.52. The van der Waals surface area contributed by atoms with Crippen LogP contribution in [0.2, 0.25) is 0 Å². The van der Waals surface area contributed by atoms with Crippen molar-refractivity contribution in [1.82, 2.24) is 10.3 Å². The molecule has 0 aliphatic heterocycles. The van der Waals surface area contributed by atoms with Crippen LogP contribution in [0.15, 0.2) is 53.3 Å². The molecule has 0 fully saturated rings. The molecule has 0 bridgehead atoms. The van der Waals surface area contributed by atoms with E-state index in [0.29, 0.717) is 5.56 Å². The van der Waals surface area contributed by atoms with Gasteiger partial charge < -0.3 is 15.4 Å². The number of benzene rings is 2. The second-order valence-electron chi connectivity index (χ2n) is 5.52. The number of H-pyrrole nitrogens is 1. The molecular formula is C18H16F2N2O2. The predicted molar refractivity (Wildman–Crippen MR) is 87.6 cm³/mol. The van der Waals surface area contributed by atoms with E-state index in [2.05, 4.69) is 10.3 Å². The van der Waals surface area contributed by atoms with Gasteiger partial charge in [0.25, 0.3) is 5.56 Å². The summed E-state index contributed by atoms with van der Waals surface area (Å²) in [5, 5.41) is 13.8. The SMILES string of the molecule is O=c1[nH]c2ccccc2cc1CNCC(O)c1ccc(F)cc1F. The van der Waals surface area contributed by atoms with E-state index < -0.39 is 17.7 Å². The van der Waals surface area contributed by atoms with E-state index in [-0.39, 0.29) is 24.2 Å². The summed E-state index contributed by atoms with van der Waals surface area (Å²) in [6, 6.07) is 12.2. The third-order valence-corrected chi connectivity index (χ3v) is 3.81. The molecule has 24 heavy (non-hydrogen) atoms. The average molecular weight is 330 g/mol. The second kappa shape index (κ2) is 6.90. The molecule has 3 rings (SSSR count). The number of hydrogen-bond donors (Lipinski definition) is 3. The Morgan fingerprint density at radius 2 is 1.92 bits per heavy atom. The molecule has 3 N–H and O–H groups in total. The normalized spacial score (nSPS) is 12.5. The van der Waals surface area contributed by atoms with Crippen LogP contribution in [0.1, 0.15) is 17.2 Å². The van der Waals surface area contributed by atoms with E-state index in [0.717, 1.165) is 23.0 Å². The Bertz CT molecular complexity index is 924. The van der Waals surface area contributed by atoms with Crippen molar-refractivity contribution < 1.29 is 13.9 Å². The number of para-hydroxylation sites is 1. The molecule has 0 spiro atoms. The van der Waals surface area contributed by atoms with Crippen molar-refractivity contribution >= 4 is 10.9 Å². The zero-order chi connectivity index (χ0) is 17.1. The minimum absolute atomic E-state index is 0.0105. The molecule has 0 radical (unpaired) electrons. The smallest absolute Gasteiger partial charge is 0.252 e. The Hall–Kier alpha value is -2.57. The summed E-state index contributed by atoms with van der Waals surface area (Å²) in [5.74, 6) is -1.49. The van der Waals surface area contributed by atoms with Crippen molar-refractivity contribution in [3.05, 3.63) is 81.6 Å². The van der Waals surface area contributed by atoms with Gasteiger partial charge in [-0.15, -0.1) is 0 Å². The molecule has 1 atom stereocenters. The predicted octanol–water partition coefficient (Wildman–Crippen LogP) is 2.63. The zero-order valence-corrected chi connectivity index (χ0v) is 12.7. The van der Waals surface area contributed by atoms with Gasteiger partial charge in [-0.2, -0.15) is 0 Å². The summed E-state index contributed by atoms with van der Waals surface area (Å²) < 4.78 is 26.5. The van der Waals surface area contributed by atoms with Gasteiger partial charge >= 0.3 is 0 Å². The first-order valence-corrected chi connectivity index (χ1v) is 7.49. The van der Waals surface area contributed by atoms with Gasteiger partial charge in [-0.25, -0.2) is 8.78 Å². The first-order valence-electron chi connectivity index (χ1n) is 7.49. The number of hydrogen-bond acceptors (Lipinski definition) is 3. The fourth-order valence-electron chi connectivity index (χ4n) is 2.55. The van der Waals surface area contributed by atoms with Gasteiger partial charge in [0.05, 0.1) is 6.10 Å². The molecule has 1 aromatic heterocycles. The molecule has 0 saturated heterocycles. The largest absolute Gasteiger partial charge is 0.387 e. The van der Waals surface area contributed by atoms with E-state index in [4.69, 9.17) is 0 Å². The number of pyridine rings is 1. The standard InChI is InChI=1S/C18H16F2N2O2/c19-13-5-6-14(15(20)8-13)17(23)10-21-9-12-7-11-3-1-2-4-16(11)22-18(12)24/h1-8,17,21,23H,9-10H2,(H,22,24). The summed E-state index contributed by atoms with van der Waals surface area (Å²) in [7, 11) is 0. The van der Waals surface area contributed by atoms with Crippen LogP contribution in [-0.2, 0) is 6.54 Å². The van der Waals surface area contributed by atoms with Crippen molar-refractivity contribution in [1.29, 1.82) is 0 Å². The molecule has 4 nitrogen and oxygen atoms in total. The lowest BCUT2D eigenvalue weighted by Gasteiger charge is -2.13. The number of aliphatic hydroxyl groups is 1. The van der Waals surface area contributed by atoms with Crippen molar-refractivity contribution in [3.8, 4) is 0 Å². The lowest BCUT2D eigenvalue weighted by Crippen LogP contribution is -2.25. The maximum Gasteiger partial charge on any atom is 0.252 e. The van der Waals surface area contributed by atoms with E-state index in [1.54, 1.807) is 6.07 Å². The van der Waals surface area contributed by atoms with Gasteiger partial charge in [0, 0.05) is 35.8 Å². The number of halogens is 2. The van der Waals surface area contributed by atoms with E-state index in [1.165, 1.54) is 6.07 Å². The highest BCUT2D eigenvalue weighted by Gasteiger charge is 2.13. The molecule has 0 aliphatic carbocycles. The summed E-state index contributed by atoms with van der Waals surface area (Å²) >= 11 is 0. The Balaban J connectivity index is 1.68. The van der Waals surface area contributed by atoms with Crippen LogP contribution in [0.4, 0.5) is 8.78 Å². The topological polar surface area (TPSA) is 65.1 Å². The average Bonchev–Trinajstić information content (AvgIpc) is 2.55. The van der Waals surface area contributed by atoms with Crippen LogP contribution in [0.5, 0.6) is 0 Å². The number of aromatic amines is 1. The van der Waals surface area contributed by atoms with Crippen LogP contribution >= 0.6 is 0 Å². The van der Waals surface area contributed by atoms with Crippen molar-refractivity contribution in [2.24, 2.45) is 0 Å². The van der Waals surface area contributed by atoms with Crippen LogP contribution in [0, 0.1) is 11.6 Å². The summed E-state index contributed by atoms with van der Waals surface area (Å²) in [4.78, 5) is 14.8. The third-order valence-electron chi connectivity index (χ3n) is 3.81. The zero-order valence-electron chi connectivity index (χ0n) is 12.7. The molecule has 6 heteroatoms. The first-order chi connectivity index (χ1) is 11.5. The summed E-state index contributed by atoms with van der Waals surface area (Å²) in [6.45, 7) is 0.259. The quantitative estimate of drug-likeness (QED) is 0.674. The molecular weight excluding hydrogens is 314 g/mol. The van der Waals surface area contributed by atoms with Crippen LogP contribution in [-0.4, -0.2) is 16.6 Å². The summed E-state index contributed by atoms with van der Waals surface area (Å²) in [6.07, 6.45) is -1.13. The van der Waals surface area contributed by atoms with Crippen molar-refractivity contribution in [2.45, 2.75) is 12.6 Å². The number of rotatable bonds is 5. The molecule has 0 saturated carbocycles. The minimum Gasteiger partial charge on any atom is -0.387 e. The molecule has 0 aliphatic rings. The van der Waals surface area contributed by atoms with Crippen LogP contribution in [0.25, 0.3) is 10.9 Å². The molecule has 2 aromatic carbocycles. The Morgan fingerprint density at radius 1 is 1.12 bits per heavy atom. The Kier molecular flexibility index (Phi) is 4.69. The van der Waals surface area contributed by atoms with E-state index in [9.17, 15) is 18.7 Å². The van der Waals surface area contributed by atoms with Gasteiger partial charge in [-0.1, -0.05) is 24.3 Å². The number of fused-ring (bicyclic) bond motifs is 1. The maximum absolute atomic E-state index is 13.6. The summed E-state index contributed by atoms with van der Waals surface area (Å²) in [5.41, 5.74) is 1.06. The van der Waals surface area contributed by atoms with Gasteiger partial charge in [-0.3, -0.25) is 4.79 Å². The molecule has 3 aromatic rings. The van der Waals surface area contributed by atoms with Gasteiger partial charge in [0.2, 0.25) is 0 Å². The monoisotopic (exact) mass is 330 g/mol. The molecule has 124 valence electrons. The number of aromatic nitrogens is 1. The van der Waals surface area contributed by atoms with Crippen molar-refractivity contribution in [3.63, 3.8) is 0 Å². The highest BCUT2D eigenvalue weighted by atomic mass is 19.1. The molecule has 1 heterocycles. The van der Waals surface area contributed by atoms with Crippen LogP contribution < -0.4 is 10.9 Å². The Morgan fingerprint density at radius 3 is 2.71 bits per heavy atom. The van der Waals surface area contributed by atoms with Gasteiger partial charge in [0.1, 0.15) is 11.6 Å². The van der Waals surface area contributed by atoms with Gasteiger partial charge in [0.15, 0.2) is 0 Å². The fourth-order valence-corrected chi connectivity index (χ4v) is 2.55. The lowest BCUT2D eigenvalue weighted by atomic mass is 10.1. The fraction of sp³-hybridized carbons (Fsp3) is 0.167. The van der Waals surface area contributed by atoms with Crippen molar-refractivity contribution in [2.75, 3.05) is 6.54 Å². The van der Waals surface area contributed by atoms with E-state index in [1.807, 2.05) is 24.3 Å². The van der Waals surface area contributed by atoms with E-state index >= 15 is 0 Å². The molecule has 1 unspecified atom stereocenters. The highest BCUT2D eigenvalue weighted by Crippen LogP contribution is 2.17. The maximum atomic E-state index is 13.6. The molecule has 0 amide bonds. The number of aliphatic hydroxyl groups excluding tert-OH is 1. The van der Waals surface area contributed by atoms with Gasteiger partial charge in [-0.05, 0) is 23.6 Å². The lowest BCUT2D eigenvalue weighted by molar-refractivity contribution is 0.169. The number of nitrogens with one attached hydrogen (secondary N) is 2. The highest BCUT2D eigenvalue weighted by molar-refractivity contribution is 5.78. The van der Waals surface area contributed by atoms with Crippen LogP contribution in [0.3, 0.4) is 0 Å². The Labute approximate surface area is 136 Å².